The van der Waals surface area contributed by atoms with Crippen molar-refractivity contribution in [3.05, 3.63) is 22.7 Å². The van der Waals surface area contributed by atoms with Crippen LogP contribution in [0.2, 0.25) is 5.02 Å². The Bertz CT molecular complexity index is 456. The molecule has 0 aliphatic heterocycles. The minimum atomic E-state index is 0.377. The second-order valence-corrected chi connectivity index (χ2v) is 4.35. The van der Waals surface area contributed by atoms with Crippen LogP contribution in [0.25, 0.3) is 0 Å². The lowest BCUT2D eigenvalue weighted by molar-refractivity contribution is 0.355. The van der Waals surface area contributed by atoms with E-state index < -0.39 is 0 Å². The van der Waals surface area contributed by atoms with Gasteiger partial charge in [0, 0.05) is 5.56 Å². The lowest BCUT2D eigenvalue weighted by Crippen LogP contribution is -2.14. The van der Waals surface area contributed by atoms with Crippen LogP contribution in [0.4, 0.5) is 0 Å². The van der Waals surface area contributed by atoms with Crippen LogP contribution in [-0.4, -0.2) is 26.1 Å². The van der Waals surface area contributed by atoms with Crippen LogP contribution >= 0.6 is 11.6 Å². The third-order valence-electron chi connectivity index (χ3n) is 2.60. The number of benzene rings is 1. The van der Waals surface area contributed by atoms with Gasteiger partial charge in [-0.25, -0.2) is 0 Å². The van der Waals surface area contributed by atoms with E-state index in [2.05, 4.69) is 4.99 Å². The van der Waals surface area contributed by atoms with Gasteiger partial charge < -0.3 is 15.2 Å². The van der Waals surface area contributed by atoms with E-state index in [-0.39, 0.29) is 0 Å². The molecule has 0 bridgehead atoms. The number of ether oxygens (including phenoxy) is 2. The smallest absolute Gasteiger partial charge is 0.179 e. The molecule has 92 valence electrons. The van der Waals surface area contributed by atoms with Gasteiger partial charge in [0.25, 0.3) is 0 Å². The molecule has 0 amide bonds. The Morgan fingerprint density at radius 2 is 2.06 bits per heavy atom. The molecule has 1 aromatic carbocycles. The van der Waals surface area contributed by atoms with E-state index in [1.54, 1.807) is 26.4 Å². The van der Waals surface area contributed by atoms with Crippen molar-refractivity contribution in [1.29, 1.82) is 0 Å². The van der Waals surface area contributed by atoms with Gasteiger partial charge in [-0.15, -0.1) is 0 Å². The number of rotatable bonds is 4. The highest BCUT2D eigenvalue weighted by Gasteiger charge is 2.21. The number of aliphatic imine (C=N–C) groups is 1. The molecule has 1 aliphatic carbocycles. The largest absolute Gasteiger partial charge is 0.493 e. The Balaban J connectivity index is 2.38. The van der Waals surface area contributed by atoms with Crippen molar-refractivity contribution in [3.63, 3.8) is 0 Å². The summed E-state index contributed by atoms with van der Waals surface area (Å²) in [5.74, 6) is 1.57. The molecule has 0 atom stereocenters. The monoisotopic (exact) mass is 254 g/mol. The van der Waals surface area contributed by atoms with Gasteiger partial charge in [0.1, 0.15) is 5.84 Å². The van der Waals surface area contributed by atoms with Crippen LogP contribution in [0.5, 0.6) is 11.5 Å². The summed E-state index contributed by atoms with van der Waals surface area (Å²) in [5.41, 5.74) is 6.68. The zero-order valence-corrected chi connectivity index (χ0v) is 10.6. The summed E-state index contributed by atoms with van der Waals surface area (Å²) in [6.07, 6.45) is 2.23. The van der Waals surface area contributed by atoms with Crippen molar-refractivity contribution in [2.45, 2.75) is 18.9 Å². The SMILES string of the molecule is COc1cc(C(N)=NC2CC2)cc(Cl)c1OC. The molecular formula is C12H15ClN2O2. The molecule has 1 saturated carbocycles. The number of hydrogen-bond acceptors (Lipinski definition) is 3. The minimum Gasteiger partial charge on any atom is -0.493 e. The average Bonchev–Trinajstić information content (AvgIpc) is 3.11. The summed E-state index contributed by atoms with van der Waals surface area (Å²) in [4.78, 5) is 4.37. The first-order valence-corrected chi connectivity index (χ1v) is 5.78. The van der Waals surface area contributed by atoms with Crippen LogP contribution < -0.4 is 15.2 Å². The topological polar surface area (TPSA) is 56.8 Å². The maximum Gasteiger partial charge on any atom is 0.179 e. The fourth-order valence-electron chi connectivity index (χ4n) is 1.54. The van der Waals surface area contributed by atoms with Crippen LogP contribution in [0, 0.1) is 0 Å². The molecule has 0 radical (unpaired) electrons. The molecule has 2 rings (SSSR count). The third-order valence-corrected chi connectivity index (χ3v) is 2.88. The lowest BCUT2D eigenvalue weighted by Gasteiger charge is -2.11. The average molecular weight is 255 g/mol. The van der Waals surface area contributed by atoms with Gasteiger partial charge in [-0.3, -0.25) is 4.99 Å². The number of amidine groups is 1. The Kier molecular flexibility index (Phi) is 3.43. The summed E-state index contributed by atoms with van der Waals surface area (Å²) in [6.45, 7) is 0. The van der Waals surface area contributed by atoms with E-state index in [4.69, 9.17) is 26.8 Å². The number of halogens is 1. The van der Waals surface area contributed by atoms with Gasteiger partial charge in [-0.2, -0.15) is 0 Å². The Morgan fingerprint density at radius 1 is 1.35 bits per heavy atom. The van der Waals surface area contributed by atoms with Gasteiger partial charge in [0.05, 0.1) is 25.3 Å². The van der Waals surface area contributed by atoms with Crippen molar-refractivity contribution in [3.8, 4) is 11.5 Å². The summed E-state index contributed by atoms with van der Waals surface area (Å²) in [6, 6.07) is 3.90. The quantitative estimate of drug-likeness (QED) is 0.662. The van der Waals surface area contributed by atoms with Gasteiger partial charge in [0.2, 0.25) is 0 Å². The molecule has 0 heterocycles. The predicted molar refractivity (Wildman–Crippen MR) is 68.3 cm³/mol. The van der Waals surface area contributed by atoms with Gasteiger partial charge in [-0.05, 0) is 25.0 Å². The molecule has 0 unspecified atom stereocenters. The maximum absolute atomic E-state index is 6.09. The molecule has 1 aliphatic rings. The predicted octanol–water partition coefficient (Wildman–Crippen LogP) is 2.22. The highest BCUT2D eigenvalue weighted by atomic mass is 35.5. The molecular weight excluding hydrogens is 240 g/mol. The Hall–Kier alpha value is -1.42. The van der Waals surface area contributed by atoms with Gasteiger partial charge in [0.15, 0.2) is 11.5 Å². The Labute approximate surface area is 105 Å². The molecule has 2 N–H and O–H groups in total. The Morgan fingerprint density at radius 3 is 2.59 bits per heavy atom. The van der Waals surface area contributed by atoms with E-state index in [0.717, 1.165) is 18.4 Å². The number of nitrogens with two attached hydrogens (primary N) is 1. The second-order valence-electron chi connectivity index (χ2n) is 3.94. The minimum absolute atomic E-state index is 0.377. The molecule has 17 heavy (non-hydrogen) atoms. The molecule has 1 fully saturated rings. The van der Waals surface area contributed by atoms with Crippen LogP contribution in [0.1, 0.15) is 18.4 Å². The van der Waals surface area contributed by atoms with Crippen LogP contribution in [-0.2, 0) is 0 Å². The molecule has 5 heteroatoms. The zero-order chi connectivity index (χ0) is 12.4. The summed E-state index contributed by atoms with van der Waals surface area (Å²) in [5, 5.41) is 0.468. The molecule has 0 saturated heterocycles. The fourth-order valence-corrected chi connectivity index (χ4v) is 1.83. The summed E-state index contributed by atoms with van der Waals surface area (Å²) in [7, 11) is 3.11. The van der Waals surface area contributed by atoms with E-state index in [9.17, 15) is 0 Å². The first-order chi connectivity index (χ1) is 8.15. The van der Waals surface area contributed by atoms with Gasteiger partial charge in [-0.1, -0.05) is 11.6 Å². The summed E-state index contributed by atoms with van der Waals surface area (Å²) >= 11 is 6.09. The van der Waals surface area contributed by atoms with Crippen molar-refractivity contribution in [1.82, 2.24) is 0 Å². The van der Waals surface area contributed by atoms with Crippen molar-refractivity contribution in [2.75, 3.05) is 14.2 Å². The third kappa shape index (κ3) is 2.64. The number of hydrogen-bond donors (Lipinski definition) is 1. The van der Waals surface area contributed by atoms with E-state index in [1.807, 2.05) is 0 Å². The second kappa shape index (κ2) is 4.84. The molecule has 4 nitrogen and oxygen atoms in total. The number of nitrogens with zero attached hydrogens (tertiary/aromatic N) is 1. The maximum atomic E-state index is 6.09. The normalized spacial score (nSPS) is 15.8. The first kappa shape index (κ1) is 12.0. The van der Waals surface area contributed by atoms with Gasteiger partial charge >= 0.3 is 0 Å². The molecule has 0 aromatic heterocycles. The summed E-state index contributed by atoms with van der Waals surface area (Å²) < 4.78 is 10.4. The fraction of sp³-hybridized carbons (Fsp3) is 0.417. The van der Waals surface area contributed by atoms with E-state index >= 15 is 0 Å². The van der Waals surface area contributed by atoms with E-state index in [0.29, 0.717) is 28.4 Å². The zero-order valence-electron chi connectivity index (χ0n) is 9.87. The molecule has 0 spiro atoms. The van der Waals surface area contributed by atoms with Crippen LogP contribution in [0.15, 0.2) is 17.1 Å². The van der Waals surface area contributed by atoms with Crippen LogP contribution in [0.3, 0.4) is 0 Å². The number of methoxy groups -OCH3 is 2. The van der Waals surface area contributed by atoms with Crippen molar-refractivity contribution >= 4 is 17.4 Å². The highest BCUT2D eigenvalue weighted by molar-refractivity contribution is 6.32. The van der Waals surface area contributed by atoms with Crippen molar-refractivity contribution in [2.24, 2.45) is 10.7 Å². The standard InChI is InChI=1S/C12H15ClN2O2/c1-16-10-6-7(5-9(13)11(10)17-2)12(14)15-8-3-4-8/h5-6,8H,3-4H2,1-2H3,(H2,14,15). The first-order valence-electron chi connectivity index (χ1n) is 5.41. The van der Waals surface area contributed by atoms with Crippen molar-refractivity contribution < 1.29 is 9.47 Å². The highest BCUT2D eigenvalue weighted by Crippen LogP contribution is 2.36. The van der Waals surface area contributed by atoms with E-state index in [1.165, 1.54) is 0 Å². The molecule has 1 aromatic rings. The lowest BCUT2D eigenvalue weighted by atomic mass is 10.2.